The summed E-state index contributed by atoms with van der Waals surface area (Å²) >= 11 is 0. The molecule has 3 aromatic carbocycles. The molecular weight excluding hydrogens is 399 g/mol. The summed E-state index contributed by atoms with van der Waals surface area (Å²) in [5.74, 6) is -1.35. The molecule has 1 aromatic heterocycles. The number of amides is 2. The van der Waals surface area contributed by atoms with Crippen LogP contribution in [-0.4, -0.2) is 33.9 Å². The summed E-state index contributed by atoms with van der Waals surface area (Å²) < 4.78 is 14.9. The van der Waals surface area contributed by atoms with Gasteiger partial charge in [0, 0.05) is 13.6 Å². The van der Waals surface area contributed by atoms with Gasteiger partial charge in [-0.1, -0.05) is 36.4 Å². The number of urea groups is 1. The number of nitrogens with one attached hydrogen (secondary N) is 1. The third-order valence-corrected chi connectivity index (χ3v) is 4.90. The minimum atomic E-state index is -1.14. The molecule has 0 atom stereocenters. The maximum Gasteiger partial charge on any atom is 0.336 e. The summed E-state index contributed by atoms with van der Waals surface area (Å²) in [6.45, 7) is 0.312. The van der Waals surface area contributed by atoms with Crippen LogP contribution in [0.4, 0.5) is 15.0 Å². The van der Waals surface area contributed by atoms with E-state index in [0.29, 0.717) is 23.1 Å². The topological polar surface area (TPSA) is 87.5 Å². The number of carboxylic acids is 1. The van der Waals surface area contributed by atoms with Gasteiger partial charge in [0.2, 0.25) is 0 Å². The van der Waals surface area contributed by atoms with E-state index in [9.17, 15) is 19.1 Å². The average Bonchev–Trinajstić information content (AvgIpc) is 3.18. The van der Waals surface area contributed by atoms with Crippen molar-refractivity contribution in [3.05, 3.63) is 89.7 Å². The van der Waals surface area contributed by atoms with Crippen LogP contribution in [0.15, 0.2) is 72.8 Å². The van der Waals surface area contributed by atoms with Crippen LogP contribution in [-0.2, 0) is 6.54 Å². The van der Waals surface area contributed by atoms with Crippen molar-refractivity contribution in [2.45, 2.75) is 6.54 Å². The number of rotatable bonds is 5. The zero-order chi connectivity index (χ0) is 22.0. The number of benzene rings is 3. The molecule has 0 aliphatic rings. The van der Waals surface area contributed by atoms with Crippen molar-refractivity contribution in [2.24, 2.45) is 0 Å². The van der Waals surface area contributed by atoms with E-state index < -0.39 is 17.8 Å². The molecule has 1 heterocycles. The van der Waals surface area contributed by atoms with Gasteiger partial charge < -0.3 is 10.4 Å². The lowest BCUT2D eigenvalue weighted by atomic mass is 10.1. The number of aromatic carboxylic acids is 1. The third kappa shape index (κ3) is 3.95. The number of anilines is 1. The van der Waals surface area contributed by atoms with E-state index in [1.165, 1.54) is 47.0 Å². The van der Waals surface area contributed by atoms with Gasteiger partial charge in [-0.05, 0) is 42.0 Å². The van der Waals surface area contributed by atoms with Crippen LogP contribution in [0.2, 0.25) is 0 Å². The van der Waals surface area contributed by atoms with E-state index >= 15 is 0 Å². The van der Waals surface area contributed by atoms with Gasteiger partial charge >= 0.3 is 12.0 Å². The lowest BCUT2D eigenvalue weighted by Crippen LogP contribution is -2.37. The van der Waals surface area contributed by atoms with Gasteiger partial charge in [0.25, 0.3) is 0 Å². The molecule has 0 unspecified atom stereocenters. The Balaban J connectivity index is 1.76. The van der Waals surface area contributed by atoms with Gasteiger partial charge in [0.05, 0.1) is 22.2 Å². The molecule has 7 nitrogen and oxygen atoms in total. The number of carboxylic acid groups (broad SMARTS) is 1. The summed E-state index contributed by atoms with van der Waals surface area (Å²) in [5.41, 5.74) is 1.98. The molecule has 0 spiro atoms. The maximum absolute atomic E-state index is 13.4. The van der Waals surface area contributed by atoms with Crippen molar-refractivity contribution < 1.29 is 19.1 Å². The fourth-order valence-electron chi connectivity index (χ4n) is 3.33. The van der Waals surface area contributed by atoms with E-state index in [-0.39, 0.29) is 11.4 Å². The van der Waals surface area contributed by atoms with Gasteiger partial charge in [-0.15, -0.1) is 5.10 Å². The molecule has 0 saturated carbocycles. The second-order valence-corrected chi connectivity index (χ2v) is 6.92. The lowest BCUT2D eigenvalue weighted by molar-refractivity contribution is 0.0699. The highest BCUT2D eigenvalue weighted by Crippen LogP contribution is 2.31. The lowest BCUT2D eigenvalue weighted by Gasteiger charge is -2.16. The number of carbonyl (C=O) groups excluding carboxylic acids is 1. The molecule has 0 aliphatic heterocycles. The second-order valence-electron chi connectivity index (χ2n) is 6.92. The first-order chi connectivity index (χ1) is 15.0. The molecule has 0 bridgehead atoms. The first kappa shape index (κ1) is 20.1. The van der Waals surface area contributed by atoms with Gasteiger partial charge in [-0.3, -0.25) is 4.90 Å². The normalized spacial score (nSPS) is 10.8. The first-order valence-electron chi connectivity index (χ1n) is 9.52. The Morgan fingerprint density at radius 3 is 2.42 bits per heavy atom. The third-order valence-electron chi connectivity index (χ3n) is 4.90. The predicted octanol–water partition coefficient (Wildman–Crippen LogP) is 4.21. The number of hydrogen-bond acceptors (Lipinski definition) is 3. The zero-order valence-corrected chi connectivity index (χ0v) is 16.6. The standard InChI is InChI=1S/C23H19FN4O3/c1-27(23(31)25-14-15-6-3-2-4-7-15)21-20-18(22(29)30)8-5-9-19(20)28(26-21)17-12-10-16(24)11-13-17/h2-13H,14H2,1H3,(H,25,31)(H,29,30). The Bertz CT molecular complexity index is 1250. The van der Waals surface area contributed by atoms with Crippen molar-refractivity contribution in [1.29, 1.82) is 0 Å². The highest BCUT2D eigenvalue weighted by molar-refractivity contribution is 6.11. The van der Waals surface area contributed by atoms with Crippen LogP contribution in [0.5, 0.6) is 0 Å². The van der Waals surface area contributed by atoms with Gasteiger partial charge in [0.1, 0.15) is 5.82 Å². The largest absolute Gasteiger partial charge is 0.478 e. The smallest absolute Gasteiger partial charge is 0.336 e. The minimum absolute atomic E-state index is 0.0172. The van der Waals surface area contributed by atoms with Crippen LogP contribution in [0.1, 0.15) is 15.9 Å². The summed E-state index contributed by atoms with van der Waals surface area (Å²) in [6, 6.07) is 19.4. The van der Waals surface area contributed by atoms with Crippen molar-refractivity contribution in [3.8, 4) is 5.69 Å². The quantitative estimate of drug-likeness (QED) is 0.508. The van der Waals surface area contributed by atoms with Crippen molar-refractivity contribution in [2.75, 3.05) is 11.9 Å². The van der Waals surface area contributed by atoms with Crippen LogP contribution < -0.4 is 10.2 Å². The molecule has 156 valence electrons. The molecule has 31 heavy (non-hydrogen) atoms. The highest BCUT2D eigenvalue weighted by atomic mass is 19.1. The fraction of sp³-hybridized carbons (Fsp3) is 0.0870. The van der Waals surface area contributed by atoms with Gasteiger partial charge in [0.15, 0.2) is 5.82 Å². The van der Waals surface area contributed by atoms with Crippen molar-refractivity contribution >= 4 is 28.7 Å². The highest BCUT2D eigenvalue weighted by Gasteiger charge is 2.24. The Morgan fingerprint density at radius 2 is 1.74 bits per heavy atom. The van der Waals surface area contributed by atoms with E-state index in [4.69, 9.17) is 0 Å². The SMILES string of the molecule is CN(C(=O)NCc1ccccc1)c1nn(-c2ccc(F)cc2)c2cccc(C(=O)O)c12. The predicted molar refractivity (Wildman–Crippen MR) is 115 cm³/mol. The molecule has 8 heteroatoms. The van der Waals surface area contributed by atoms with Crippen molar-refractivity contribution in [3.63, 3.8) is 0 Å². The average molecular weight is 418 g/mol. The first-order valence-corrected chi connectivity index (χ1v) is 9.52. The Kier molecular flexibility index (Phi) is 5.36. The summed E-state index contributed by atoms with van der Waals surface area (Å²) in [6.07, 6.45) is 0. The molecule has 2 N–H and O–H groups in total. The van der Waals surface area contributed by atoms with Crippen LogP contribution >= 0.6 is 0 Å². The van der Waals surface area contributed by atoms with E-state index in [1.54, 1.807) is 12.1 Å². The number of halogens is 1. The summed E-state index contributed by atoms with van der Waals surface area (Å²) in [5, 5.41) is 17.3. The molecule has 4 aromatic rings. The number of hydrogen-bond donors (Lipinski definition) is 2. The van der Waals surface area contributed by atoms with Gasteiger partial charge in [-0.2, -0.15) is 0 Å². The Labute approximate surface area is 177 Å². The van der Waals surface area contributed by atoms with Crippen LogP contribution in [0.25, 0.3) is 16.6 Å². The van der Waals surface area contributed by atoms with E-state index in [2.05, 4.69) is 10.4 Å². The van der Waals surface area contributed by atoms with Crippen molar-refractivity contribution in [1.82, 2.24) is 15.1 Å². The number of fused-ring (bicyclic) bond motifs is 1. The molecular formula is C23H19FN4O3. The number of carbonyl (C=O) groups is 2. The Hall–Kier alpha value is -4.20. The van der Waals surface area contributed by atoms with Gasteiger partial charge in [-0.25, -0.2) is 18.7 Å². The van der Waals surface area contributed by atoms with Crippen LogP contribution in [0.3, 0.4) is 0 Å². The second kappa shape index (κ2) is 8.27. The summed E-state index contributed by atoms with van der Waals surface area (Å²) in [7, 11) is 1.52. The van der Waals surface area contributed by atoms with E-state index in [0.717, 1.165) is 5.56 Å². The number of aromatic nitrogens is 2. The zero-order valence-electron chi connectivity index (χ0n) is 16.6. The fourth-order valence-corrected chi connectivity index (χ4v) is 3.33. The van der Waals surface area contributed by atoms with Crippen LogP contribution in [0, 0.1) is 5.82 Å². The molecule has 0 saturated heterocycles. The maximum atomic E-state index is 13.4. The molecule has 0 aliphatic carbocycles. The molecule has 0 fully saturated rings. The summed E-state index contributed by atoms with van der Waals surface area (Å²) in [4.78, 5) is 25.9. The Morgan fingerprint density at radius 1 is 1.03 bits per heavy atom. The monoisotopic (exact) mass is 418 g/mol. The molecule has 2 amide bonds. The number of nitrogens with zero attached hydrogens (tertiary/aromatic N) is 3. The van der Waals surface area contributed by atoms with E-state index in [1.807, 2.05) is 30.3 Å². The molecule has 0 radical (unpaired) electrons. The minimum Gasteiger partial charge on any atom is -0.478 e. The molecule has 4 rings (SSSR count).